The first-order valence-corrected chi connectivity index (χ1v) is 10.2. The molecule has 1 aliphatic carbocycles. The summed E-state index contributed by atoms with van der Waals surface area (Å²) in [6.07, 6.45) is 8.78. The molecule has 3 heterocycles. The number of hydrogen-bond donors (Lipinski definition) is 1. The lowest BCUT2D eigenvalue weighted by molar-refractivity contribution is 0.214. The maximum Gasteiger partial charge on any atom is 0.0743 e. The van der Waals surface area contributed by atoms with E-state index >= 15 is 0 Å². The van der Waals surface area contributed by atoms with Crippen molar-refractivity contribution in [3.63, 3.8) is 0 Å². The van der Waals surface area contributed by atoms with Crippen LogP contribution in [0.2, 0.25) is 0 Å². The number of para-hydroxylation sites is 1. The number of aromatic nitrogens is 1. The van der Waals surface area contributed by atoms with E-state index < -0.39 is 0 Å². The van der Waals surface area contributed by atoms with Crippen molar-refractivity contribution in [1.29, 1.82) is 0 Å². The average Bonchev–Trinajstić information content (AvgIpc) is 3.25. The van der Waals surface area contributed by atoms with Gasteiger partial charge in [0.1, 0.15) is 0 Å². The van der Waals surface area contributed by atoms with E-state index in [0.29, 0.717) is 6.04 Å². The van der Waals surface area contributed by atoms with E-state index in [-0.39, 0.29) is 0 Å². The summed E-state index contributed by atoms with van der Waals surface area (Å²) in [6.45, 7) is 8.62. The molecular formula is C24H26N4. The third-order valence-corrected chi connectivity index (χ3v) is 6.08. The molecule has 1 N–H and O–H groups in total. The first-order valence-electron chi connectivity index (χ1n) is 10.2. The van der Waals surface area contributed by atoms with E-state index in [0.717, 1.165) is 49.6 Å². The smallest absolute Gasteiger partial charge is 0.0743 e. The number of pyridine rings is 1. The van der Waals surface area contributed by atoms with E-state index in [9.17, 15) is 0 Å². The molecule has 0 radical (unpaired) electrons. The molecule has 5 rings (SSSR count). The summed E-state index contributed by atoms with van der Waals surface area (Å²) in [5.41, 5.74) is 6.96. The molecule has 2 aromatic rings. The molecule has 0 unspecified atom stereocenters. The number of nitrogens with zero attached hydrogens (tertiary/aromatic N) is 3. The lowest BCUT2D eigenvalue weighted by Gasteiger charge is -2.38. The first-order chi connectivity index (χ1) is 13.8. The van der Waals surface area contributed by atoms with Gasteiger partial charge in [0, 0.05) is 61.1 Å². The van der Waals surface area contributed by atoms with Gasteiger partial charge in [-0.1, -0.05) is 30.9 Å². The number of rotatable bonds is 3. The highest BCUT2D eigenvalue weighted by atomic mass is 15.3. The highest BCUT2D eigenvalue weighted by molar-refractivity contribution is 5.78. The van der Waals surface area contributed by atoms with Crippen molar-refractivity contribution < 1.29 is 0 Å². The molecule has 1 atom stereocenters. The van der Waals surface area contributed by atoms with Crippen molar-refractivity contribution in [1.82, 2.24) is 15.2 Å². The summed E-state index contributed by atoms with van der Waals surface area (Å²) >= 11 is 0. The Hall–Kier alpha value is -2.85. The second kappa shape index (κ2) is 7.28. The number of nitrogens with one attached hydrogen (secondary N) is 1. The van der Waals surface area contributed by atoms with Gasteiger partial charge in [-0.25, -0.2) is 0 Å². The Morgan fingerprint density at radius 1 is 1.00 bits per heavy atom. The SMILES string of the molecule is C=C1NC(C2=C[C@H](N3CCN(c4ccccc4)CC3)CC2)=Cc2ncccc21. The van der Waals surface area contributed by atoms with Crippen LogP contribution in [0.25, 0.3) is 11.8 Å². The molecule has 142 valence electrons. The summed E-state index contributed by atoms with van der Waals surface area (Å²) in [6, 6.07) is 15.3. The molecule has 1 aromatic heterocycles. The van der Waals surface area contributed by atoms with Crippen LogP contribution in [0.5, 0.6) is 0 Å². The van der Waals surface area contributed by atoms with E-state index in [1.165, 1.54) is 23.4 Å². The van der Waals surface area contributed by atoms with Gasteiger partial charge in [0.15, 0.2) is 0 Å². The summed E-state index contributed by atoms with van der Waals surface area (Å²) < 4.78 is 0. The molecular weight excluding hydrogens is 344 g/mol. The van der Waals surface area contributed by atoms with Gasteiger partial charge in [-0.3, -0.25) is 9.88 Å². The number of fused-ring (bicyclic) bond motifs is 1. The quantitative estimate of drug-likeness (QED) is 0.888. The Bertz CT molecular complexity index is 936. The molecule has 2 aliphatic heterocycles. The standard InChI is InChI=1S/C24H26N4/c1-18-22-8-5-11-25-24(22)17-23(26-18)19-9-10-21(16-19)28-14-12-27(13-15-28)20-6-3-2-4-7-20/h2-8,11,16-17,21,26H,1,9-10,12-15H2/t21-/m1/s1. The molecule has 28 heavy (non-hydrogen) atoms. The number of allylic oxidation sites excluding steroid dienone is 1. The van der Waals surface area contributed by atoms with Crippen LogP contribution in [0.15, 0.2) is 72.6 Å². The average molecular weight is 371 g/mol. The van der Waals surface area contributed by atoms with Gasteiger partial charge in [-0.15, -0.1) is 0 Å². The zero-order valence-corrected chi connectivity index (χ0v) is 16.1. The Balaban J connectivity index is 1.27. The zero-order chi connectivity index (χ0) is 18.9. The molecule has 1 aromatic carbocycles. The third-order valence-electron chi connectivity index (χ3n) is 6.08. The fourth-order valence-electron chi connectivity index (χ4n) is 4.53. The predicted octanol–water partition coefficient (Wildman–Crippen LogP) is 3.91. The van der Waals surface area contributed by atoms with Crippen LogP contribution in [0.3, 0.4) is 0 Å². The van der Waals surface area contributed by atoms with Gasteiger partial charge in [-0.05, 0) is 48.8 Å². The van der Waals surface area contributed by atoms with Crippen LogP contribution >= 0.6 is 0 Å². The summed E-state index contributed by atoms with van der Waals surface area (Å²) in [7, 11) is 0. The number of anilines is 1. The molecule has 1 saturated heterocycles. The molecule has 0 amide bonds. The number of hydrogen-bond acceptors (Lipinski definition) is 4. The van der Waals surface area contributed by atoms with Crippen LogP contribution in [-0.2, 0) is 0 Å². The third kappa shape index (κ3) is 3.25. The largest absolute Gasteiger partial charge is 0.369 e. The van der Waals surface area contributed by atoms with Gasteiger partial charge >= 0.3 is 0 Å². The van der Waals surface area contributed by atoms with E-state index in [2.05, 4.69) is 75.2 Å². The Kier molecular flexibility index (Phi) is 4.49. The minimum atomic E-state index is 0.536. The summed E-state index contributed by atoms with van der Waals surface area (Å²) in [4.78, 5) is 9.65. The minimum Gasteiger partial charge on any atom is -0.369 e. The van der Waals surface area contributed by atoms with Crippen LogP contribution < -0.4 is 10.2 Å². The summed E-state index contributed by atoms with van der Waals surface area (Å²) in [5.74, 6) is 0. The van der Waals surface area contributed by atoms with Crippen molar-refractivity contribution in [2.24, 2.45) is 0 Å². The predicted molar refractivity (Wildman–Crippen MR) is 116 cm³/mol. The van der Waals surface area contributed by atoms with Crippen LogP contribution in [-0.4, -0.2) is 42.1 Å². The molecule has 0 saturated carbocycles. The molecule has 0 bridgehead atoms. The molecule has 3 aliphatic rings. The van der Waals surface area contributed by atoms with Crippen LogP contribution in [0.1, 0.15) is 24.1 Å². The lowest BCUT2D eigenvalue weighted by atomic mass is 10.0. The minimum absolute atomic E-state index is 0.536. The van der Waals surface area contributed by atoms with E-state index in [4.69, 9.17) is 0 Å². The first kappa shape index (κ1) is 17.3. The highest BCUT2D eigenvalue weighted by Crippen LogP contribution is 2.33. The molecule has 1 fully saturated rings. The topological polar surface area (TPSA) is 31.4 Å². The maximum absolute atomic E-state index is 4.52. The van der Waals surface area contributed by atoms with Gasteiger partial charge < -0.3 is 10.2 Å². The number of benzene rings is 1. The fourth-order valence-corrected chi connectivity index (χ4v) is 4.53. The van der Waals surface area contributed by atoms with Crippen molar-refractivity contribution in [3.05, 3.63) is 83.8 Å². The maximum atomic E-state index is 4.52. The monoisotopic (exact) mass is 370 g/mol. The molecule has 0 spiro atoms. The molecule has 4 heteroatoms. The van der Waals surface area contributed by atoms with Crippen LogP contribution in [0.4, 0.5) is 5.69 Å². The Morgan fingerprint density at radius 3 is 2.64 bits per heavy atom. The Labute approximate surface area is 166 Å². The van der Waals surface area contributed by atoms with Crippen molar-refractivity contribution >= 4 is 17.5 Å². The zero-order valence-electron chi connectivity index (χ0n) is 16.1. The van der Waals surface area contributed by atoms with Gasteiger partial charge in [0.25, 0.3) is 0 Å². The molecule has 4 nitrogen and oxygen atoms in total. The van der Waals surface area contributed by atoms with Gasteiger partial charge in [-0.2, -0.15) is 0 Å². The van der Waals surface area contributed by atoms with E-state index in [1.54, 1.807) is 0 Å². The van der Waals surface area contributed by atoms with Gasteiger partial charge in [0.2, 0.25) is 0 Å². The highest BCUT2D eigenvalue weighted by Gasteiger charge is 2.28. The van der Waals surface area contributed by atoms with Crippen molar-refractivity contribution in [2.45, 2.75) is 18.9 Å². The summed E-state index contributed by atoms with van der Waals surface area (Å²) in [5, 5.41) is 3.50. The van der Waals surface area contributed by atoms with Gasteiger partial charge in [0.05, 0.1) is 5.69 Å². The van der Waals surface area contributed by atoms with Crippen molar-refractivity contribution in [2.75, 3.05) is 31.1 Å². The Morgan fingerprint density at radius 2 is 1.82 bits per heavy atom. The normalized spacial score (nSPS) is 22.4. The lowest BCUT2D eigenvalue weighted by Crippen LogP contribution is -2.49. The van der Waals surface area contributed by atoms with Crippen LogP contribution in [0, 0.1) is 0 Å². The van der Waals surface area contributed by atoms with Crippen molar-refractivity contribution in [3.8, 4) is 0 Å². The second-order valence-corrected chi connectivity index (χ2v) is 7.75. The number of piperazine rings is 1. The fraction of sp³-hybridized carbons (Fsp3) is 0.292. The second-order valence-electron chi connectivity index (χ2n) is 7.75. The van der Waals surface area contributed by atoms with E-state index in [1.807, 2.05) is 12.3 Å².